The van der Waals surface area contributed by atoms with E-state index in [9.17, 15) is 9.90 Å². The Morgan fingerprint density at radius 2 is 1.61 bits per heavy atom. The number of benzene rings is 2. The molecule has 0 radical (unpaired) electrons. The van der Waals surface area contributed by atoms with Gasteiger partial charge >= 0.3 is 0 Å². The van der Waals surface area contributed by atoms with Crippen LogP contribution in [0.15, 0.2) is 42.5 Å². The lowest BCUT2D eigenvalue weighted by atomic mass is 10.1. The highest BCUT2D eigenvalue weighted by atomic mass is 35.5. The van der Waals surface area contributed by atoms with Crippen molar-refractivity contribution in [3.63, 3.8) is 0 Å². The van der Waals surface area contributed by atoms with Crippen molar-refractivity contribution in [3.8, 4) is 5.75 Å². The fourth-order valence-electron chi connectivity index (χ4n) is 4.10. The first-order valence-corrected chi connectivity index (χ1v) is 12.0. The molecule has 0 bridgehead atoms. The Hall–Kier alpha value is -3.42. The summed E-state index contributed by atoms with van der Waals surface area (Å²) in [6.07, 6.45) is 3.42. The normalized spacial score (nSPS) is 14.8. The average Bonchev–Trinajstić information content (AvgIpc) is 2.84. The number of carbonyl (C=O) groups is 1. The second kappa shape index (κ2) is 13.4. The Labute approximate surface area is 235 Å². The summed E-state index contributed by atoms with van der Waals surface area (Å²) in [5.41, 5.74) is 7.26. The Balaban J connectivity index is 0.00000304. The molecule has 0 unspecified atom stereocenters. The summed E-state index contributed by atoms with van der Waals surface area (Å²) in [7, 11) is 0. The summed E-state index contributed by atoms with van der Waals surface area (Å²) < 4.78 is 0. The van der Waals surface area contributed by atoms with Gasteiger partial charge in [0.15, 0.2) is 0 Å². The molecule has 12 nitrogen and oxygen atoms in total. The monoisotopic (exact) mass is 568 g/mol. The largest absolute Gasteiger partial charge is 0.506 e. The third kappa shape index (κ3) is 7.11. The van der Waals surface area contributed by atoms with Crippen LogP contribution in [0.3, 0.4) is 0 Å². The molecule has 0 atom stereocenters. The third-order valence-electron chi connectivity index (χ3n) is 6.05. The van der Waals surface area contributed by atoms with Gasteiger partial charge in [-0.25, -0.2) is 0 Å². The first-order chi connectivity index (χ1) is 16.9. The molecule has 1 amide bonds. The first-order valence-electron chi connectivity index (χ1n) is 11.6. The minimum absolute atomic E-state index is 0. The maximum absolute atomic E-state index is 12.5. The summed E-state index contributed by atoms with van der Waals surface area (Å²) in [6.45, 7) is 3.22. The average molecular weight is 570 g/mol. The number of aromatic hydroxyl groups is 1. The van der Waals surface area contributed by atoms with E-state index in [0.29, 0.717) is 47.2 Å². The number of phenols is 1. The predicted octanol–water partition coefficient (Wildman–Crippen LogP) is 4.60. The van der Waals surface area contributed by atoms with Crippen molar-refractivity contribution in [2.45, 2.75) is 25.3 Å². The molecule has 2 saturated heterocycles. The lowest BCUT2D eigenvalue weighted by molar-refractivity contribution is 0.102. The number of aromatic nitrogens is 3. The van der Waals surface area contributed by atoms with Crippen molar-refractivity contribution in [1.29, 1.82) is 0 Å². The molecular weight excluding hydrogens is 531 g/mol. The van der Waals surface area contributed by atoms with E-state index in [4.69, 9.17) is 17.3 Å². The summed E-state index contributed by atoms with van der Waals surface area (Å²) in [5, 5.41) is 16.9. The smallest absolute Gasteiger partial charge is 0.255 e. The molecule has 0 spiro atoms. The molecule has 210 valence electrons. The highest BCUT2D eigenvalue weighted by molar-refractivity contribution is 6.30. The van der Waals surface area contributed by atoms with Gasteiger partial charge in [-0.1, -0.05) is 11.6 Å². The van der Waals surface area contributed by atoms with Crippen molar-refractivity contribution in [2.75, 3.05) is 46.6 Å². The zero-order chi connectivity index (χ0) is 24.4. The molecule has 2 aliphatic rings. The zero-order valence-electron chi connectivity index (χ0n) is 20.9. The van der Waals surface area contributed by atoms with E-state index in [1.165, 1.54) is 12.5 Å². The first kappa shape index (κ1) is 30.8. The molecule has 2 aromatic carbocycles. The van der Waals surface area contributed by atoms with Gasteiger partial charge < -0.3 is 43.6 Å². The molecule has 0 saturated carbocycles. The van der Waals surface area contributed by atoms with Crippen LogP contribution in [0, 0.1) is 0 Å². The van der Waals surface area contributed by atoms with Crippen molar-refractivity contribution in [1.82, 2.24) is 27.3 Å². The zero-order valence-corrected chi connectivity index (χ0v) is 22.5. The van der Waals surface area contributed by atoms with Gasteiger partial charge in [0.25, 0.3) is 5.91 Å². The van der Waals surface area contributed by atoms with Crippen LogP contribution in [-0.2, 0) is 0 Å². The number of halogens is 2. The van der Waals surface area contributed by atoms with Crippen molar-refractivity contribution in [3.05, 3.63) is 53.1 Å². The number of nitrogens with two attached hydrogens (primary N) is 1. The van der Waals surface area contributed by atoms with Gasteiger partial charge in [-0.3, -0.25) is 4.79 Å². The molecule has 5 rings (SSSR count). The molecule has 38 heavy (non-hydrogen) atoms. The van der Waals surface area contributed by atoms with Crippen molar-refractivity contribution in [2.24, 2.45) is 5.73 Å². The van der Waals surface area contributed by atoms with Crippen LogP contribution in [0.5, 0.6) is 5.75 Å². The van der Waals surface area contributed by atoms with Crippen LogP contribution >= 0.6 is 24.0 Å². The summed E-state index contributed by atoms with van der Waals surface area (Å²) in [4.78, 5) is 30.6. The predicted molar refractivity (Wildman–Crippen MR) is 158 cm³/mol. The number of carbonyl (C=O) groups excluding carboxylic acids is 1. The number of nitrogens with zero attached hydrogens (tertiary/aromatic N) is 5. The molecule has 11 N–H and O–H groups in total. The summed E-state index contributed by atoms with van der Waals surface area (Å²) >= 11 is 5.88. The highest BCUT2D eigenvalue weighted by Gasteiger charge is 2.27. The van der Waals surface area contributed by atoms with Crippen LogP contribution in [0.25, 0.3) is 0 Å². The number of hydrogen-bond acceptors (Lipinski definition) is 11. The fraction of sp³-hybridized carbons (Fsp3) is 0.333. The van der Waals surface area contributed by atoms with Gasteiger partial charge in [0.1, 0.15) is 5.75 Å². The van der Waals surface area contributed by atoms with Crippen LogP contribution in [0.1, 0.15) is 32.5 Å². The fourth-order valence-corrected chi connectivity index (χ4v) is 4.23. The van der Waals surface area contributed by atoms with E-state index in [0.717, 1.165) is 25.9 Å². The van der Waals surface area contributed by atoms with Crippen molar-refractivity contribution >= 4 is 59.1 Å². The van der Waals surface area contributed by atoms with Crippen LogP contribution in [0.2, 0.25) is 5.02 Å². The second-order valence-corrected chi connectivity index (χ2v) is 9.23. The maximum Gasteiger partial charge on any atom is 0.255 e. The van der Waals surface area contributed by atoms with Gasteiger partial charge in [-0.15, -0.1) is 12.4 Å². The lowest BCUT2D eigenvalue weighted by Crippen LogP contribution is -2.56. The Kier molecular flexibility index (Phi) is 10.9. The van der Waals surface area contributed by atoms with E-state index >= 15 is 0 Å². The van der Waals surface area contributed by atoms with Gasteiger partial charge in [0.05, 0.1) is 5.69 Å². The van der Waals surface area contributed by atoms with E-state index in [2.05, 4.69) is 30.5 Å². The molecule has 3 heterocycles. The molecule has 14 heteroatoms. The molecule has 1 aromatic heterocycles. The van der Waals surface area contributed by atoms with Gasteiger partial charge in [-0.2, -0.15) is 15.0 Å². The number of amides is 1. The topological polar surface area (TPSA) is 203 Å². The standard InChI is InChI=1S/C24H27ClN8O2.ClH.2H3N.2H2/c25-16-6-4-15(5-7-16)21(35)28-19-9-8-18(12-20(19)34)27-22-29-23(32-10-2-1-3-11-32)31-24(30-22)33-13-17(26)14-33;;;;;/h4-9,12,17,34H,1-3,10-11,13-14,26H2,(H,28,35)(H,27,29,30,31);1H;2*1H3;2*1H. The van der Waals surface area contributed by atoms with E-state index in [-0.39, 0.29) is 50.9 Å². The highest BCUT2D eigenvalue weighted by Crippen LogP contribution is 2.30. The summed E-state index contributed by atoms with van der Waals surface area (Å²) in [5.74, 6) is 1.17. The third-order valence-corrected chi connectivity index (χ3v) is 6.30. The van der Waals surface area contributed by atoms with Crippen LogP contribution in [0.4, 0.5) is 29.2 Å². The number of phenolic OH excluding ortho intramolecular Hbond substituents is 1. The van der Waals surface area contributed by atoms with E-state index in [1.54, 1.807) is 36.4 Å². The van der Waals surface area contributed by atoms with Gasteiger partial charge in [0.2, 0.25) is 17.8 Å². The number of nitrogens with one attached hydrogen (secondary N) is 2. The lowest BCUT2D eigenvalue weighted by Gasteiger charge is -2.37. The molecular formula is C24H38Cl2N10O2. The Morgan fingerprint density at radius 3 is 2.21 bits per heavy atom. The van der Waals surface area contributed by atoms with Gasteiger partial charge in [-0.05, 0) is 55.7 Å². The number of hydrogen-bond donors (Lipinski definition) is 6. The number of piperidine rings is 1. The number of rotatable bonds is 6. The SMILES string of the molecule is Cl.N.N.NC1CN(c2nc(Nc3ccc(NC(=O)c4ccc(Cl)cc4)c(O)c3)nc(N3CCCCC3)n2)C1.[HH].[HH]. The maximum atomic E-state index is 12.5. The van der Waals surface area contributed by atoms with Crippen LogP contribution < -0.4 is 38.5 Å². The molecule has 2 aliphatic heterocycles. The molecule has 2 fully saturated rings. The minimum atomic E-state index is -0.348. The Bertz CT molecular complexity index is 1230. The summed E-state index contributed by atoms with van der Waals surface area (Å²) in [6, 6.07) is 11.5. The second-order valence-electron chi connectivity index (χ2n) is 8.79. The quantitative estimate of drug-likeness (QED) is 0.226. The number of anilines is 5. The Morgan fingerprint density at radius 1 is 0.974 bits per heavy atom. The van der Waals surface area contributed by atoms with Crippen molar-refractivity contribution < 1.29 is 12.8 Å². The van der Waals surface area contributed by atoms with E-state index in [1.807, 2.05) is 4.90 Å². The van der Waals surface area contributed by atoms with Crippen LogP contribution in [-0.4, -0.2) is 58.2 Å². The van der Waals surface area contributed by atoms with E-state index < -0.39 is 0 Å². The minimum Gasteiger partial charge on any atom is -0.506 e. The molecule has 0 aliphatic carbocycles. The van der Waals surface area contributed by atoms with Gasteiger partial charge in [0, 0.05) is 57.4 Å². The molecule has 3 aromatic rings.